The fourth-order valence-corrected chi connectivity index (χ4v) is 5.67. The van der Waals surface area contributed by atoms with E-state index in [1.807, 2.05) is 18.2 Å². The second kappa shape index (κ2) is 11.7. The van der Waals surface area contributed by atoms with Gasteiger partial charge in [-0.05, 0) is 81.7 Å². The molecule has 3 N–H and O–H groups in total. The van der Waals surface area contributed by atoms with Crippen molar-refractivity contribution in [1.82, 2.24) is 0 Å². The number of benzene rings is 2. The molecule has 7 nitrogen and oxygen atoms in total. The van der Waals surface area contributed by atoms with Crippen LogP contribution in [-0.2, 0) is 30.9 Å². The summed E-state index contributed by atoms with van der Waals surface area (Å²) in [5, 5.41) is 5.31. The van der Waals surface area contributed by atoms with Crippen molar-refractivity contribution in [2.24, 2.45) is 16.5 Å². The van der Waals surface area contributed by atoms with Crippen LogP contribution in [0.3, 0.4) is 0 Å². The highest BCUT2D eigenvalue weighted by molar-refractivity contribution is 8.01. The zero-order chi connectivity index (χ0) is 26.4. The lowest BCUT2D eigenvalue weighted by atomic mass is 9.97. The highest BCUT2D eigenvalue weighted by Crippen LogP contribution is 2.26. The van der Waals surface area contributed by atoms with E-state index >= 15 is 0 Å². The molecule has 0 amide bonds. The van der Waals surface area contributed by atoms with Crippen molar-refractivity contribution >= 4 is 31.3 Å². The van der Waals surface area contributed by atoms with E-state index in [9.17, 15) is 12.6 Å². The van der Waals surface area contributed by atoms with Gasteiger partial charge < -0.3 is 14.2 Å². The number of nitrogens with one attached hydrogen (secondary N) is 1. The largest absolute Gasteiger partial charge is 0.493 e. The van der Waals surface area contributed by atoms with Gasteiger partial charge in [-0.1, -0.05) is 30.0 Å². The lowest BCUT2D eigenvalue weighted by Crippen LogP contribution is -2.22. The van der Waals surface area contributed by atoms with Gasteiger partial charge in [0.15, 0.2) is 0 Å². The average molecular weight is 533 g/mol. The Kier molecular flexibility index (Phi) is 9.12. The van der Waals surface area contributed by atoms with Crippen LogP contribution in [0.2, 0.25) is 0 Å². The van der Waals surface area contributed by atoms with Gasteiger partial charge in [-0.2, -0.15) is 0 Å². The van der Waals surface area contributed by atoms with E-state index in [0.29, 0.717) is 24.7 Å². The summed E-state index contributed by atoms with van der Waals surface area (Å²) in [6.45, 7) is 8.24. The van der Waals surface area contributed by atoms with Gasteiger partial charge >= 0.3 is 0 Å². The lowest BCUT2D eigenvalue weighted by Gasteiger charge is -2.23. The number of hydrogen-bond acceptors (Lipinski definition) is 5. The minimum absolute atomic E-state index is 0.122. The van der Waals surface area contributed by atoms with Crippen LogP contribution in [0.15, 0.2) is 47.4 Å². The van der Waals surface area contributed by atoms with Gasteiger partial charge in [-0.25, -0.2) is 17.8 Å². The van der Waals surface area contributed by atoms with Crippen LogP contribution < -0.4 is 14.6 Å². The van der Waals surface area contributed by atoms with Crippen LogP contribution in [0, 0.1) is 23.2 Å². The molecule has 36 heavy (non-hydrogen) atoms. The standard InChI is InChI=1S/C27H36N2O5S2/c1-27(2,3)15-11-21-9-10-23(25(19-21)34-20-22-12-16-33-17-13-22)14-18-35(4,30)29-24-7-5-6-8-26(24)36(28,31)32/h5-10,19,22H,4,12-14,16-18,20H2,1-3H3,(H,29,30)(H2,28,31,32). The summed E-state index contributed by atoms with van der Waals surface area (Å²) in [4.78, 5) is -0.122. The van der Waals surface area contributed by atoms with Crippen molar-refractivity contribution in [3.05, 3.63) is 53.6 Å². The first-order valence-corrected chi connectivity index (χ1v) is 15.4. The number of rotatable bonds is 9. The maximum Gasteiger partial charge on any atom is 0.240 e. The first-order chi connectivity index (χ1) is 16.8. The molecule has 1 aliphatic heterocycles. The molecule has 196 valence electrons. The molecule has 0 spiro atoms. The van der Waals surface area contributed by atoms with Gasteiger partial charge in [-0.15, -0.1) is 0 Å². The van der Waals surface area contributed by atoms with Gasteiger partial charge in [0.1, 0.15) is 10.6 Å². The molecule has 2 aromatic carbocycles. The second-order valence-electron chi connectivity index (χ2n) is 10.1. The first-order valence-electron chi connectivity index (χ1n) is 11.9. The Hall–Kier alpha value is -2.51. The van der Waals surface area contributed by atoms with E-state index in [0.717, 1.165) is 37.2 Å². The highest BCUT2D eigenvalue weighted by atomic mass is 32.2. The Morgan fingerprint density at radius 3 is 2.50 bits per heavy atom. The molecule has 1 heterocycles. The van der Waals surface area contributed by atoms with Crippen LogP contribution in [0.25, 0.3) is 0 Å². The zero-order valence-electron chi connectivity index (χ0n) is 21.2. The zero-order valence-corrected chi connectivity index (χ0v) is 22.8. The van der Waals surface area contributed by atoms with Crippen molar-refractivity contribution in [3.8, 4) is 17.6 Å². The minimum Gasteiger partial charge on any atom is -0.493 e. The Bertz CT molecular complexity index is 1330. The van der Waals surface area contributed by atoms with E-state index < -0.39 is 19.7 Å². The predicted octanol–water partition coefficient (Wildman–Crippen LogP) is 3.82. The Labute approximate surface area is 216 Å². The molecular weight excluding hydrogens is 496 g/mol. The topological polar surface area (TPSA) is 108 Å². The maximum atomic E-state index is 13.3. The third-order valence-corrected chi connectivity index (χ3v) is 8.08. The molecule has 1 fully saturated rings. The molecule has 1 aliphatic rings. The van der Waals surface area contributed by atoms with Crippen molar-refractivity contribution in [1.29, 1.82) is 0 Å². The fraction of sp³-hybridized carbons (Fsp3) is 0.444. The van der Waals surface area contributed by atoms with Crippen LogP contribution in [0.1, 0.15) is 44.7 Å². The smallest absolute Gasteiger partial charge is 0.240 e. The van der Waals surface area contributed by atoms with Gasteiger partial charge in [0.2, 0.25) is 10.0 Å². The van der Waals surface area contributed by atoms with E-state index in [1.165, 1.54) is 12.1 Å². The van der Waals surface area contributed by atoms with Gasteiger partial charge in [-0.3, -0.25) is 0 Å². The molecule has 0 bridgehead atoms. The van der Waals surface area contributed by atoms with E-state index in [4.69, 9.17) is 14.6 Å². The van der Waals surface area contributed by atoms with Crippen LogP contribution >= 0.6 is 0 Å². The fourth-order valence-electron chi connectivity index (χ4n) is 3.68. The predicted molar refractivity (Wildman–Crippen MR) is 147 cm³/mol. The monoisotopic (exact) mass is 532 g/mol. The lowest BCUT2D eigenvalue weighted by molar-refractivity contribution is 0.0496. The van der Waals surface area contributed by atoms with Crippen LogP contribution in [-0.4, -0.2) is 44.1 Å². The second-order valence-corrected chi connectivity index (χ2v) is 13.9. The Morgan fingerprint density at radius 2 is 1.83 bits per heavy atom. The number of nitrogens with two attached hydrogens (primary N) is 1. The third kappa shape index (κ3) is 8.86. The molecule has 2 aromatic rings. The van der Waals surface area contributed by atoms with E-state index in [1.54, 1.807) is 12.1 Å². The number of primary sulfonamides is 1. The number of sulfonamides is 1. The normalized spacial score (nSPS) is 16.4. The number of anilines is 1. The average Bonchev–Trinajstić information content (AvgIpc) is 2.80. The molecule has 0 aliphatic carbocycles. The number of para-hydroxylation sites is 1. The third-order valence-electron chi connectivity index (χ3n) is 5.66. The summed E-state index contributed by atoms with van der Waals surface area (Å²) in [5.74, 6) is 11.6. The first kappa shape index (κ1) is 28.1. The van der Waals surface area contributed by atoms with Crippen LogP contribution in [0.4, 0.5) is 5.69 Å². The van der Waals surface area contributed by atoms with Crippen molar-refractivity contribution < 1.29 is 22.1 Å². The van der Waals surface area contributed by atoms with Crippen molar-refractivity contribution in [2.45, 2.75) is 44.9 Å². The van der Waals surface area contributed by atoms with E-state index in [2.05, 4.69) is 43.2 Å². The maximum absolute atomic E-state index is 13.3. The van der Waals surface area contributed by atoms with Gasteiger partial charge in [0.05, 0.1) is 12.3 Å². The minimum atomic E-state index is -3.98. The van der Waals surface area contributed by atoms with Crippen molar-refractivity contribution in [3.63, 3.8) is 0 Å². The summed E-state index contributed by atoms with van der Waals surface area (Å²) in [6, 6.07) is 11.9. The molecule has 1 atom stereocenters. The van der Waals surface area contributed by atoms with Gasteiger partial charge in [0, 0.05) is 39.7 Å². The number of ether oxygens (including phenoxy) is 2. The number of aryl methyl sites for hydroxylation is 1. The molecular formula is C27H36N2O5S2. The molecule has 9 heteroatoms. The molecule has 0 aromatic heterocycles. The summed E-state index contributed by atoms with van der Waals surface area (Å²) in [6.07, 6.45) is 2.33. The van der Waals surface area contributed by atoms with Gasteiger partial charge in [0.25, 0.3) is 0 Å². The molecule has 0 radical (unpaired) electrons. The SMILES string of the molecule is C=S(=O)(CCc1ccc(C#CC(C)(C)C)cc1OCC1CCOCC1)Nc1ccccc1S(N)(=O)=O. The molecule has 3 rings (SSSR count). The number of hydrogen-bond donors (Lipinski definition) is 2. The summed E-state index contributed by atoms with van der Waals surface area (Å²) in [5.41, 5.74) is 1.79. The highest BCUT2D eigenvalue weighted by Gasteiger charge is 2.18. The molecule has 1 unspecified atom stereocenters. The summed E-state index contributed by atoms with van der Waals surface area (Å²) < 4.78 is 51.6. The molecule has 1 saturated heterocycles. The Morgan fingerprint density at radius 1 is 1.14 bits per heavy atom. The Balaban J connectivity index is 1.79. The quantitative estimate of drug-likeness (QED) is 0.377. The van der Waals surface area contributed by atoms with Crippen molar-refractivity contribution in [2.75, 3.05) is 30.3 Å². The molecule has 0 saturated carbocycles. The van der Waals surface area contributed by atoms with E-state index in [-0.39, 0.29) is 21.8 Å². The summed E-state index contributed by atoms with van der Waals surface area (Å²) in [7, 11) is -6.85. The summed E-state index contributed by atoms with van der Waals surface area (Å²) >= 11 is 0. The van der Waals surface area contributed by atoms with Crippen LogP contribution in [0.5, 0.6) is 5.75 Å².